The largest absolute Gasteiger partial charge is 0.483 e. The van der Waals surface area contributed by atoms with E-state index in [9.17, 15) is 4.79 Å². The molecule has 0 aliphatic carbocycles. The van der Waals surface area contributed by atoms with Gasteiger partial charge in [0, 0.05) is 11.1 Å². The number of hydrogen-bond acceptors (Lipinski definition) is 6. The van der Waals surface area contributed by atoms with Gasteiger partial charge in [-0.2, -0.15) is 5.10 Å². The molecular formula is C21H24N4O2S. The van der Waals surface area contributed by atoms with Crippen molar-refractivity contribution in [3.05, 3.63) is 51.3 Å². The third kappa shape index (κ3) is 4.20. The number of fused-ring (bicyclic) bond motifs is 1. The highest BCUT2D eigenvalue weighted by Crippen LogP contribution is 2.31. The van der Waals surface area contributed by atoms with E-state index in [2.05, 4.69) is 20.5 Å². The van der Waals surface area contributed by atoms with Crippen molar-refractivity contribution < 1.29 is 9.53 Å². The van der Waals surface area contributed by atoms with Gasteiger partial charge in [-0.05, 0) is 64.3 Å². The molecule has 1 amide bonds. The first-order chi connectivity index (χ1) is 13.3. The van der Waals surface area contributed by atoms with Crippen LogP contribution in [0, 0.1) is 34.6 Å². The number of nitrogens with one attached hydrogen (secondary N) is 1. The van der Waals surface area contributed by atoms with Crippen molar-refractivity contribution in [2.45, 2.75) is 41.5 Å². The molecule has 0 radical (unpaired) electrons. The molecule has 146 valence electrons. The molecule has 0 fully saturated rings. The molecule has 0 aliphatic rings. The number of nitrogens with zero attached hydrogens (tertiary/aromatic N) is 3. The Hall–Kier alpha value is -2.80. The predicted molar refractivity (Wildman–Crippen MR) is 113 cm³/mol. The zero-order chi connectivity index (χ0) is 20.4. The lowest BCUT2D eigenvalue weighted by molar-refractivity contribution is -0.123. The van der Waals surface area contributed by atoms with E-state index in [1.165, 1.54) is 0 Å². The summed E-state index contributed by atoms with van der Waals surface area (Å²) in [6.45, 7) is 11.6. The van der Waals surface area contributed by atoms with Crippen molar-refractivity contribution in [1.82, 2.24) is 15.4 Å². The Bertz CT molecular complexity index is 1090. The third-order valence-electron chi connectivity index (χ3n) is 4.46. The van der Waals surface area contributed by atoms with E-state index >= 15 is 0 Å². The number of benzene rings is 1. The van der Waals surface area contributed by atoms with Gasteiger partial charge in [0.1, 0.15) is 16.4 Å². The number of thiophene rings is 1. The average molecular weight is 397 g/mol. The van der Waals surface area contributed by atoms with Crippen LogP contribution in [-0.4, -0.2) is 28.2 Å². The van der Waals surface area contributed by atoms with Gasteiger partial charge < -0.3 is 4.74 Å². The molecule has 2 heterocycles. The summed E-state index contributed by atoms with van der Waals surface area (Å²) in [4.78, 5) is 23.0. The fourth-order valence-electron chi connectivity index (χ4n) is 3.05. The SMILES string of the molecule is C/C(=N\NC(=O)COc1cc(C)ccc1C)c1sc2nc(C)nc(C)c2c1C. The Kier molecular flexibility index (Phi) is 5.74. The number of hydrazone groups is 1. The van der Waals surface area contributed by atoms with Crippen LogP contribution in [0.15, 0.2) is 23.3 Å². The molecule has 1 aromatic carbocycles. The number of carbonyl (C=O) groups excluding carboxylic acids is 1. The number of amides is 1. The minimum atomic E-state index is -0.300. The first-order valence-electron chi connectivity index (χ1n) is 9.04. The molecule has 0 saturated heterocycles. The molecule has 0 unspecified atom stereocenters. The molecule has 0 spiro atoms. The van der Waals surface area contributed by atoms with Crippen LogP contribution in [0.25, 0.3) is 10.2 Å². The van der Waals surface area contributed by atoms with E-state index < -0.39 is 0 Å². The Labute approximate surface area is 168 Å². The lowest BCUT2D eigenvalue weighted by Gasteiger charge is -2.09. The van der Waals surface area contributed by atoms with E-state index in [-0.39, 0.29) is 12.5 Å². The van der Waals surface area contributed by atoms with Crippen molar-refractivity contribution >= 4 is 33.2 Å². The minimum absolute atomic E-state index is 0.0871. The summed E-state index contributed by atoms with van der Waals surface area (Å²) in [6.07, 6.45) is 0. The highest BCUT2D eigenvalue weighted by molar-refractivity contribution is 7.20. The quantitative estimate of drug-likeness (QED) is 0.519. The number of aryl methyl sites for hydroxylation is 5. The van der Waals surface area contributed by atoms with Crippen LogP contribution in [-0.2, 0) is 4.79 Å². The number of rotatable bonds is 5. The normalized spacial score (nSPS) is 11.7. The van der Waals surface area contributed by atoms with Crippen molar-refractivity contribution in [2.75, 3.05) is 6.61 Å². The van der Waals surface area contributed by atoms with Gasteiger partial charge in [0.2, 0.25) is 0 Å². The Balaban J connectivity index is 1.71. The van der Waals surface area contributed by atoms with E-state index in [0.29, 0.717) is 5.75 Å². The maximum Gasteiger partial charge on any atom is 0.277 e. The Morgan fingerprint density at radius 2 is 1.93 bits per heavy atom. The molecule has 3 rings (SSSR count). The maximum absolute atomic E-state index is 12.1. The van der Waals surface area contributed by atoms with Gasteiger partial charge in [0.25, 0.3) is 5.91 Å². The second-order valence-corrected chi connectivity index (χ2v) is 7.88. The summed E-state index contributed by atoms with van der Waals surface area (Å²) in [7, 11) is 0. The van der Waals surface area contributed by atoms with Gasteiger partial charge in [-0.15, -0.1) is 11.3 Å². The topological polar surface area (TPSA) is 76.5 Å². The fourth-order valence-corrected chi connectivity index (χ4v) is 4.28. The molecule has 0 atom stereocenters. The van der Waals surface area contributed by atoms with E-state index in [0.717, 1.165) is 49.0 Å². The van der Waals surface area contributed by atoms with Crippen LogP contribution in [0.3, 0.4) is 0 Å². The van der Waals surface area contributed by atoms with Crippen molar-refractivity contribution in [2.24, 2.45) is 5.10 Å². The summed E-state index contributed by atoms with van der Waals surface area (Å²) in [5.74, 6) is 1.16. The molecule has 0 bridgehead atoms. The van der Waals surface area contributed by atoms with E-state index in [1.807, 2.05) is 59.7 Å². The molecule has 7 heteroatoms. The summed E-state index contributed by atoms with van der Waals surface area (Å²) < 4.78 is 5.62. The second kappa shape index (κ2) is 8.06. The molecular weight excluding hydrogens is 372 g/mol. The van der Waals surface area contributed by atoms with Gasteiger partial charge in [-0.3, -0.25) is 4.79 Å². The molecule has 2 aromatic heterocycles. The average Bonchev–Trinajstić information content (AvgIpc) is 2.97. The van der Waals surface area contributed by atoms with Crippen LogP contribution >= 0.6 is 11.3 Å². The van der Waals surface area contributed by atoms with Crippen LogP contribution in [0.1, 0.15) is 40.0 Å². The predicted octanol–water partition coefficient (Wildman–Crippen LogP) is 4.15. The first-order valence-corrected chi connectivity index (χ1v) is 9.85. The third-order valence-corrected chi connectivity index (χ3v) is 5.76. The summed E-state index contributed by atoms with van der Waals surface area (Å²) in [5.41, 5.74) is 7.43. The van der Waals surface area contributed by atoms with Crippen molar-refractivity contribution in [1.29, 1.82) is 0 Å². The standard InChI is InChI=1S/C21H24N4O2S/c1-11-7-8-12(2)17(9-11)27-10-18(26)25-24-15(5)20-13(3)19-14(4)22-16(6)23-21(19)28-20/h7-9H,10H2,1-6H3,(H,25,26)/b24-15+. The summed E-state index contributed by atoms with van der Waals surface area (Å²) in [5, 5.41) is 5.31. The summed E-state index contributed by atoms with van der Waals surface area (Å²) in [6, 6.07) is 5.90. The van der Waals surface area contributed by atoms with Crippen LogP contribution in [0.4, 0.5) is 0 Å². The van der Waals surface area contributed by atoms with Crippen molar-refractivity contribution in [3.63, 3.8) is 0 Å². The first kappa shape index (κ1) is 19.9. The molecule has 1 N–H and O–H groups in total. The van der Waals surface area contributed by atoms with Gasteiger partial charge in [-0.1, -0.05) is 12.1 Å². The lowest BCUT2D eigenvalue weighted by atomic mass is 10.1. The van der Waals surface area contributed by atoms with Gasteiger partial charge in [0.15, 0.2) is 6.61 Å². The Morgan fingerprint density at radius 3 is 2.68 bits per heavy atom. The number of hydrogen-bond donors (Lipinski definition) is 1. The second-order valence-electron chi connectivity index (χ2n) is 6.88. The molecule has 0 saturated carbocycles. The lowest BCUT2D eigenvalue weighted by Crippen LogP contribution is -2.25. The minimum Gasteiger partial charge on any atom is -0.483 e. The smallest absolute Gasteiger partial charge is 0.277 e. The molecule has 28 heavy (non-hydrogen) atoms. The van der Waals surface area contributed by atoms with Crippen molar-refractivity contribution in [3.8, 4) is 5.75 Å². The van der Waals surface area contributed by atoms with E-state index in [4.69, 9.17) is 4.74 Å². The maximum atomic E-state index is 12.1. The zero-order valence-corrected chi connectivity index (χ0v) is 17.8. The molecule has 0 aliphatic heterocycles. The summed E-state index contributed by atoms with van der Waals surface area (Å²) >= 11 is 1.56. The number of carbonyl (C=O) groups is 1. The van der Waals surface area contributed by atoms with Gasteiger partial charge in [0.05, 0.1) is 10.6 Å². The highest BCUT2D eigenvalue weighted by atomic mass is 32.1. The van der Waals surface area contributed by atoms with Crippen LogP contribution in [0.5, 0.6) is 5.75 Å². The van der Waals surface area contributed by atoms with Gasteiger partial charge in [-0.25, -0.2) is 15.4 Å². The molecule has 6 nitrogen and oxygen atoms in total. The molecule has 3 aromatic rings. The van der Waals surface area contributed by atoms with Crippen LogP contribution in [0.2, 0.25) is 0 Å². The number of aromatic nitrogens is 2. The Morgan fingerprint density at radius 1 is 1.18 bits per heavy atom. The highest BCUT2D eigenvalue weighted by Gasteiger charge is 2.15. The zero-order valence-electron chi connectivity index (χ0n) is 17.0. The van der Waals surface area contributed by atoms with Gasteiger partial charge >= 0.3 is 0 Å². The fraction of sp³-hybridized carbons (Fsp3) is 0.333. The monoisotopic (exact) mass is 396 g/mol. The number of ether oxygens (including phenoxy) is 1. The van der Waals surface area contributed by atoms with Crippen LogP contribution < -0.4 is 10.2 Å². The van der Waals surface area contributed by atoms with E-state index in [1.54, 1.807) is 11.3 Å².